The maximum Gasteiger partial charge on any atom is 0.410 e. The van der Waals surface area contributed by atoms with Crippen molar-refractivity contribution in [1.29, 1.82) is 0 Å². The molecule has 1 fully saturated rings. The number of halogens is 1. The Bertz CT molecular complexity index is 466. The van der Waals surface area contributed by atoms with Crippen LogP contribution in [0, 0.1) is 0 Å². The Hall–Kier alpha value is -0.810. The molecule has 1 heterocycles. The van der Waals surface area contributed by atoms with Crippen LogP contribution in [0.5, 0.6) is 0 Å². The predicted molar refractivity (Wildman–Crippen MR) is 127 cm³/mol. The zero-order valence-corrected chi connectivity index (χ0v) is 21.1. The third kappa shape index (κ3) is 13.9. The molecule has 1 unspecified atom stereocenters. The number of hydrogen-bond donors (Lipinski definition) is 2. The highest BCUT2D eigenvalue weighted by Gasteiger charge is 2.20. The fourth-order valence-corrected chi connectivity index (χ4v) is 2.70. The molecule has 29 heavy (non-hydrogen) atoms. The molecule has 0 aromatic carbocycles. The van der Waals surface area contributed by atoms with Crippen molar-refractivity contribution >= 4 is 36.0 Å². The lowest BCUT2D eigenvalue weighted by Gasteiger charge is -2.26. The molecular weight excluding hydrogens is 487 g/mol. The molecule has 0 bridgehead atoms. The molecule has 0 spiro atoms. The third-order valence-electron chi connectivity index (χ3n) is 4.10. The molecule has 1 amide bonds. The van der Waals surface area contributed by atoms with Crippen molar-refractivity contribution in [2.75, 3.05) is 52.5 Å². The summed E-state index contributed by atoms with van der Waals surface area (Å²) >= 11 is 0. The van der Waals surface area contributed by atoms with Crippen LogP contribution in [0.25, 0.3) is 0 Å². The van der Waals surface area contributed by atoms with Gasteiger partial charge in [-0.05, 0) is 53.9 Å². The van der Waals surface area contributed by atoms with Gasteiger partial charge in [-0.25, -0.2) is 4.79 Å². The number of rotatable bonds is 11. The van der Waals surface area contributed by atoms with Gasteiger partial charge in [0.05, 0.1) is 12.7 Å². The van der Waals surface area contributed by atoms with Crippen LogP contribution in [0.3, 0.4) is 0 Å². The van der Waals surface area contributed by atoms with E-state index in [0.29, 0.717) is 39.4 Å². The van der Waals surface area contributed by atoms with Crippen molar-refractivity contribution in [3.8, 4) is 0 Å². The highest BCUT2D eigenvalue weighted by atomic mass is 127. The Labute approximate surface area is 193 Å². The van der Waals surface area contributed by atoms with E-state index in [1.807, 2.05) is 34.6 Å². The molecule has 0 saturated carbocycles. The molecule has 0 aromatic rings. The number of ether oxygens (including phenoxy) is 3. The molecule has 0 aromatic heterocycles. The van der Waals surface area contributed by atoms with Crippen molar-refractivity contribution in [3.63, 3.8) is 0 Å². The van der Waals surface area contributed by atoms with Gasteiger partial charge in [-0.15, -0.1) is 24.0 Å². The van der Waals surface area contributed by atoms with Gasteiger partial charge in [0.2, 0.25) is 0 Å². The first-order valence-electron chi connectivity index (χ1n) is 10.5. The summed E-state index contributed by atoms with van der Waals surface area (Å²) in [6, 6.07) is 0. The molecule has 9 heteroatoms. The number of hydrogen-bond acceptors (Lipinski definition) is 5. The highest BCUT2D eigenvalue weighted by molar-refractivity contribution is 14.0. The van der Waals surface area contributed by atoms with Crippen molar-refractivity contribution < 1.29 is 19.0 Å². The Morgan fingerprint density at radius 1 is 1.28 bits per heavy atom. The Morgan fingerprint density at radius 2 is 2.03 bits per heavy atom. The van der Waals surface area contributed by atoms with Gasteiger partial charge in [0, 0.05) is 45.9 Å². The number of carbonyl (C=O) groups is 1. The minimum Gasteiger partial charge on any atom is -0.444 e. The molecular formula is C20H41IN4O4. The van der Waals surface area contributed by atoms with Gasteiger partial charge in [0.25, 0.3) is 0 Å². The zero-order valence-electron chi connectivity index (χ0n) is 18.8. The van der Waals surface area contributed by atoms with Crippen LogP contribution in [0.2, 0.25) is 0 Å². The standard InChI is InChI=1S/C20H40N4O4.HI/c1-6-21-18(22-11-9-14-26-16-17-10-8-15-27-17)23-12-13-24(7-2)19(25)28-20(3,4)5;/h17H,6-16H2,1-5H3,(H2,21,22,23);1H. The summed E-state index contributed by atoms with van der Waals surface area (Å²) in [5.41, 5.74) is -0.486. The summed E-state index contributed by atoms with van der Waals surface area (Å²) in [4.78, 5) is 18.4. The Morgan fingerprint density at radius 3 is 2.62 bits per heavy atom. The summed E-state index contributed by atoms with van der Waals surface area (Å²) in [6.45, 7) is 15.0. The normalized spacial score (nSPS) is 16.9. The number of nitrogens with zero attached hydrogens (tertiary/aromatic N) is 2. The van der Waals surface area contributed by atoms with E-state index in [2.05, 4.69) is 15.6 Å². The quantitative estimate of drug-likeness (QED) is 0.186. The fourth-order valence-electron chi connectivity index (χ4n) is 2.70. The van der Waals surface area contributed by atoms with Crippen molar-refractivity contribution in [1.82, 2.24) is 15.5 Å². The third-order valence-corrected chi connectivity index (χ3v) is 4.10. The molecule has 1 rings (SSSR count). The second-order valence-electron chi connectivity index (χ2n) is 7.81. The second-order valence-corrected chi connectivity index (χ2v) is 7.81. The fraction of sp³-hybridized carbons (Fsp3) is 0.900. The molecule has 1 saturated heterocycles. The summed E-state index contributed by atoms with van der Waals surface area (Å²) in [5.74, 6) is 0.752. The van der Waals surface area contributed by atoms with E-state index in [0.717, 1.165) is 38.4 Å². The van der Waals surface area contributed by atoms with Crippen molar-refractivity contribution in [3.05, 3.63) is 0 Å². The summed E-state index contributed by atoms with van der Waals surface area (Å²) in [7, 11) is 0. The lowest BCUT2D eigenvalue weighted by molar-refractivity contribution is 0.0171. The van der Waals surface area contributed by atoms with Crippen molar-refractivity contribution in [2.24, 2.45) is 4.99 Å². The Balaban J connectivity index is 0.00000784. The SMILES string of the molecule is CCNC(=NCCCOCC1CCCO1)NCCN(CC)C(=O)OC(C)(C)C.I. The van der Waals surface area contributed by atoms with Gasteiger partial charge in [-0.2, -0.15) is 0 Å². The van der Waals surface area contributed by atoms with Crippen LogP contribution in [0.15, 0.2) is 4.99 Å². The van der Waals surface area contributed by atoms with E-state index in [-0.39, 0.29) is 36.2 Å². The summed E-state index contributed by atoms with van der Waals surface area (Å²) in [6.07, 6.45) is 3.09. The monoisotopic (exact) mass is 528 g/mol. The largest absolute Gasteiger partial charge is 0.444 e. The number of carbonyl (C=O) groups excluding carboxylic acids is 1. The average molecular weight is 528 g/mol. The van der Waals surface area contributed by atoms with E-state index in [1.54, 1.807) is 4.90 Å². The van der Waals surface area contributed by atoms with Crippen molar-refractivity contribution in [2.45, 2.75) is 65.6 Å². The smallest absolute Gasteiger partial charge is 0.410 e. The maximum atomic E-state index is 12.2. The molecule has 2 N–H and O–H groups in total. The van der Waals surface area contributed by atoms with Gasteiger partial charge in [0.15, 0.2) is 5.96 Å². The molecule has 8 nitrogen and oxygen atoms in total. The molecule has 1 aliphatic heterocycles. The van der Waals surface area contributed by atoms with Gasteiger partial charge in [-0.3, -0.25) is 4.99 Å². The topological polar surface area (TPSA) is 84.4 Å². The van der Waals surface area contributed by atoms with E-state index in [1.165, 1.54) is 0 Å². The number of likely N-dealkylation sites (N-methyl/N-ethyl adjacent to an activating group) is 1. The predicted octanol–water partition coefficient (Wildman–Crippen LogP) is 3.00. The van der Waals surface area contributed by atoms with Crippen LogP contribution < -0.4 is 10.6 Å². The number of aliphatic imine (C=N–C) groups is 1. The first-order chi connectivity index (χ1) is 13.4. The summed E-state index contributed by atoms with van der Waals surface area (Å²) < 4.78 is 16.6. The first-order valence-corrected chi connectivity index (χ1v) is 10.5. The second kappa shape index (κ2) is 16.0. The van der Waals surface area contributed by atoms with Gasteiger partial charge >= 0.3 is 6.09 Å². The first kappa shape index (κ1) is 28.2. The molecule has 1 atom stereocenters. The van der Waals surface area contributed by atoms with Gasteiger partial charge in [-0.1, -0.05) is 0 Å². The van der Waals surface area contributed by atoms with Crippen LogP contribution in [-0.2, 0) is 14.2 Å². The van der Waals surface area contributed by atoms with Gasteiger partial charge < -0.3 is 29.7 Å². The molecule has 172 valence electrons. The molecule has 1 aliphatic rings. The Kier molecular flexibility index (Phi) is 15.5. The van der Waals surface area contributed by atoms with E-state index in [9.17, 15) is 4.79 Å². The van der Waals surface area contributed by atoms with E-state index < -0.39 is 5.60 Å². The lowest BCUT2D eigenvalue weighted by atomic mass is 10.2. The zero-order chi connectivity index (χ0) is 20.8. The minimum atomic E-state index is -0.486. The van der Waals surface area contributed by atoms with Gasteiger partial charge in [0.1, 0.15) is 5.60 Å². The van der Waals surface area contributed by atoms with Crippen LogP contribution in [0.1, 0.15) is 53.9 Å². The summed E-state index contributed by atoms with van der Waals surface area (Å²) in [5, 5.41) is 6.49. The van der Waals surface area contributed by atoms with E-state index in [4.69, 9.17) is 14.2 Å². The molecule has 0 radical (unpaired) electrons. The van der Waals surface area contributed by atoms with Crippen LogP contribution >= 0.6 is 24.0 Å². The minimum absolute atomic E-state index is 0. The number of nitrogens with one attached hydrogen (secondary N) is 2. The number of amides is 1. The average Bonchev–Trinajstić information content (AvgIpc) is 3.13. The number of guanidine groups is 1. The maximum absolute atomic E-state index is 12.2. The van der Waals surface area contributed by atoms with Crippen LogP contribution in [0.4, 0.5) is 4.79 Å². The molecule has 0 aliphatic carbocycles. The van der Waals surface area contributed by atoms with Crippen LogP contribution in [-0.4, -0.2) is 81.2 Å². The van der Waals surface area contributed by atoms with E-state index >= 15 is 0 Å². The highest BCUT2D eigenvalue weighted by Crippen LogP contribution is 2.12. The lowest BCUT2D eigenvalue weighted by Crippen LogP contribution is -2.44.